The summed E-state index contributed by atoms with van der Waals surface area (Å²) in [5, 5.41) is 0. The SMILES string of the molecule is Bc1nc(C)c(B)nc1C. The molecular weight excluding hydrogens is 122 g/mol. The molecule has 0 amide bonds. The molecular formula is C6H10B2N2. The molecule has 0 N–H and O–H groups in total. The molecule has 0 fully saturated rings. The molecule has 1 aromatic heterocycles. The van der Waals surface area contributed by atoms with Crippen LogP contribution in [0.15, 0.2) is 0 Å². The number of nitrogens with zero attached hydrogens (tertiary/aromatic N) is 2. The van der Waals surface area contributed by atoms with Crippen LogP contribution in [0.5, 0.6) is 0 Å². The molecule has 0 unspecified atom stereocenters. The Morgan fingerprint density at radius 2 is 1.20 bits per heavy atom. The minimum atomic E-state index is 1.03. The second-order valence-corrected chi connectivity index (χ2v) is 2.57. The molecule has 1 rings (SSSR count). The summed E-state index contributed by atoms with van der Waals surface area (Å²) >= 11 is 0. The van der Waals surface area contributed by atoms with Crippen LogP contribution in [0, 0.1) is 13.8 Å². The fourth-order valence-electron chi connectivity index (χ4n) is 0.827. The highest BCUT2D eigenvalue weighted by atomic mass is 14.8. The molecule has 1 heterocycles. The van der Waals surface area contributed by atoms with E-state index in [9.17, 15) is 0 Å². The van der Waals surface area contributed by atoms with E-state index in [-0.39, 0.29) is 0 Å². The minimum absolute atomic E-state index is 1.03. The number of aromatic nitrogens is 2. The zero-order chi connectivity index (χ0) is 7.72. The Morgan fingerprint density at radius 3 is 1.50 bits per heavy atom. The molecule has 0 atom stereocenters. The van der Waals surface area contributed by atoms with Gasteiger partial charge in [-0.1, -0.05) is 0 Å². The molecule has 0 bridgehead atoms. The van der Waals surface area contributed by atoms with Crippen molar-refractivity contribution < 1.29 is 0 Å². The molecule has 0 spiro atoms. The van der Waals surface area contributed by atoms with Crippen molar-refractivity contribution in [3.05, 3.63) is 11.4 Å². The van der Waals surface area contributed by atoms with Gasteiger partial charge in [-0.25, -0.2) is 0 Å². The maximum absolute atomic E-state index is 4.31. The first-order chi connectivity index (χ1) is 4.61. The average molecular weight is 132 g/mol. The summed E-state index contributed by atoms with van der Waals surface area (Å²) in [5.41, 5.74) is 4.12. The minimum Gasteiger partial charge on any atom is -0.266 e. The third-order valence-corrected chi connectivity index (χ3v) is 1.72. The molecule has 0 aliphatic rings. The van der Waals surface area contributed by atoms with Gasteiger partial charge in [0.2, 0.25) is 0 Å². The highest BCUT2D eigenvalue weighted by Crippen LogP contribution is 1.82. The van der Waals surface area contributed by atoms with Gasteiger partial charge in [0.15, 0.2) is 15.7 Å². The van der Waals surface area contributed by atoms with Gasteiger partial charge in [0, 0.05) is 22.6 Å². The van der Waals surface area contributed by atoms with Gasteiger partial charge in [0.05, 0.1) is 0 Å². The van der Waals surface area contributed by atoms with Gasteiger partial charge in [-0.3, -0.25) is 9.97 Å². The van der Waals surface area contributed by atoms with Crippen LogP contribution >= 0.6 is 0 Å². The molecule has 50 valence electrons. The smallest absolute Gasteiger partial charge is 0.166 e. The molecule has 10 heavy (non-hydrogen) atoms. The standard InChI is InChI=1S/C6H10B2N2/c1-3-5(7)10-4(2)6(8)9-3/h7-8H2,1-2H3. The third-order valence-electron chi connectivity index (χ3n) is 1.72. The van der Waals surface area contributed by atoms with Crippen molar-refractivity contribution in [3.8, 4) is 0 Å². The van der Waals surface area contributed by atoms with E-state index >= 15 is 0 Å². The van der Waals surface area contributed by atoms with E-state index in [4.69, 9.17) is 0 Å². The number of rotatable bonds is 0. The predicted octanol–water partition coefficient (Wildman–Crippen LogP) is -2.39. The highest BCUT2D eigenvalue weighted by Gasteiger charge is 1.98. The van der Waals surface area contributed by atoms with Gasteiger partial charge in [0.1, 0.15) is 0 Å². The summed E-state index contributed by atoms with van der Waals surface area (Å²) in [7, 11) is 3.96. The summed E-state index contributed by atoms with van der Waals surface area (Å²) in [6, 6.07) is 0. The lowest BCUT2D eigenvalue weighted by Crippen LogP contribution is -2.25. The lowest BCUT2D eigenvalue weighted by molar-refractivity contribution is 1.13. The molecule has 2 nitrogen and oxygen atoms in total. The third kappa shape index (κ3) is 1.20. The Balaban J connectivity index is 3.28. The Bertz CT molecular complexity index is 210. The van der Waals surface area contributed by atoms with Crippen molar-refractivity contribution in [2.24, 2.45) is 0 Å². The van der Waals surface area contributed by atoms with Crippen LogP contribution in [0.1, 0.15) is 11.4 Å². The molecule has 1 aromatic rings. The number of hydrogen-bond donors (Lipinski definition) is 0. The van der Waals surface area contributed by atoms with Crippen LogP contribution in [-0.4, -0.2) is 25.7 Å². The second kappa shape index (κ2) is 2.45. The van der Waals surface area contributed by atoms with Crippen LogP contribution in [0.25, 0.3) is 0 Å². The quantitative estimate of drug-likeness (QED) is 0.368. The van der Waals surface area contributed by atoms with E-state index in [1.807, 2.05) is 29.5 Å². The zero-order valence-electron chi connectivity index (χ0n) is 6.89. The molecule has 0 aromatic carbocycles. The van der Waals surface area contributed by atoms with Gasteiger partial charge in [-0.2, -0.15) is 0 Å². The average Bonchev–Trinajstić information content (AvgIpc) is 1.84. The van der Waals surface area contributed by atoms with Gasteiger partial charge < -0.3 is 0 Å². The molecule has 0 aliphatic carbocycles. The Labute approximate surface area is 62.9 Å². The van der Waals surface area contributed by atoms with E-state index in [1.54, 1.807) is 0 Å². The first-order valence-corrected chi connectivity index (χ1v) is 3.39. The lowest BCUT2D eigenvalue weighted by atomic mass is 9.97. The first kappa shape index (κ1) is 7.32. The molecule has 4 heteroatoms. The van der Waals surface area contributed by atoms with Crippen LogP contribution in [-0.2, 0) is 0 Å². The van der Waals surface area contributed by atoms with E-state index in [0.29, 0.717) is 0 Å². The number of aryl methyl sites for hydroxylation is 2. The maximum atomic E-state index is 4.31. The molecule has 0 saturated carbocycles. The fraction of sp³-hybridized carbons (Fsp3) is 0.333. The van der Waals surface area contributed by atoms with Gasteiger partial charge in [-0.15, -0.1) is 0 Å². The van der Waals surface area contributed by atoms with Crippen molar-refractivity contribution >= 4 is 26.9 Å². The van der Waals surface area contributed by atoms with Gasteiger partial charge in [-0.05, 0) is 13.8 Å². The van der Waals surface area contributed by atoms with Crippen molar-refractivity contribution in [2.45, 2.75) is 13.8 Å². The fourth-order valence-corrected chi connectivity index (χ4v) is 0.827. The molecule has 0 aliphatic heterocycles. The van der Waals surface area contributed by atoms with Crippen LogP contribution in [0.4, 0.5) is 0 Å². The van der Waals surface area contributed by atoms with Crippen molar-refractivity contribution in [2.75, 3.05) is 0 Å². The summed E-state index contributed by atoms with van der Waals surface area (Å²) in [4.78, 5) is 8.62. The van der Waals surface area contributed by atoms with Gasteiger partial charge >= 0.3 is 0 Å². The van der Waals surface area contributed by atoms with Crippen molar-refractivity contribution in [1.29, 1.82) is 0 Å². The Morgan fingerprint density at radius 1 is 0.900 bits per heavy atom. The largest absolute Gasteiger partial charge is 0.266 e. The monoisotopic (exact) mass is 132 g/mol. The van der Waals surface area contributed by atoms with E-state index in [1.165, 1.54) is 0 Å². The van der Waals surface area contributed by atoms with Crippen LogP contribution < -0.4 is 11.2 Å². The number of hydrogen-bond acceptors (Lipinski definition) is 2. The first-order valence-electron chi connectivity index (χ1n) is 3.39. The summed E-state index contributed by atoms with van der Waals surface area (Å²) in [5.74, 6) is 0. The van der Waals surface area contributed by atoms with Crippen molar-refractivity contribution in [1.82, 2.24) is 9.97 Å². The predicted molar refractivity (Wildman–Crippen MR) is 47.9 cm³/mol. The van der Waals surface area contributed by atoms with Crippen LogP contribution in [0.2, 0.25) is 0 Å². The Hall–Kier alpha value is -0.790. The zero-order valence-corrected chi connectivity index (χ0v) is 6.89. The highest BCUT2D eigenvalue weighted by molar-refractivity contribution is 6.34. The van der Waals surface area contributed by atoms with Crippen LogP contribution in [0.3, 0.4) is 0 Å². The summed E-state index contributed by atoms with van der Waals surface area (Å²) in [6.45, 7) is 3.96. The maximum Gasteiger partial charge on any atom is 0.166 e. The summed E-state index contributed by atoms with van der Waals surface area (Å²) < 4.78 is 0. The Kier molecular flexibility index (Phi) is 1.79. The second-order valence-electron chi connectivity index (χ2n) is 2.57. The normalized spacial score (nSPS) is 9.80. The lowest BCUT2D eigenvalue weighted by Gasteiger charge is -2.02. The van der Waals surface area contributed by atoms with E-state index < -0.39 is 0 Å². The van der Waals surface area contributed by atoms with Gasteiger partial charge in [0.25, 0.3) is 0 Å². The van der Waals surface area contributed by atoms with E-state index in [2.05, 4.69) is 9.97 Å². The van der Waals surface area contributed by atoms with Crippen molar-refractivity contribution in [3.63, 3.8) is 0 Å². The molecule has 0 saturated heterocycles. The summed E-state index contributed by atoms with van der Waals surface area (Å²) in [6.07, 6.45) is 0. The topological polar surface area (TPSA) is 25.8 Å². The molecule has 0 radical (unpaired) electrons. The van der Waals surface area contributed by atoms with E-state index in [0.717, 1.165) is 22.6 Å².